The van der Waals surface area contributed by atoms with Crippen LogP contribution in [-0.2, 0) is 53.1 Å². The standard InChI is InChI=1S/C34H45N13O16P2S2/c1-66-67-18(11-39-34(51)57-12-17-4-2-3-5-20(17)44-45-38)6-7-19(35)32(49)62-28-23(61-31(27(28)48)47-16-42-26-29(37)40-15-41-30(26)47)14-59-65(55,56)63-21-10-25(46-9-8-24(36)43-33(46)50)60-22(21)13-58-64(52,53)54/h2-5,8-9,15-16,18-19,21-23,25,27-28,31,48H,6-7,10-14,35H2,1H3,(H,39,51)(H,55,56)(H2,36,43,50)(H2,37,40,41)(H2,52,53,54)/t18?,19?,21-,22+,23+,25+,27+,28+,31+/m0/s1. The van der Waals surface area contributed by atoms with Crippen molar-refractivity contribution in [3.8, 4) is 0 Å². The molecule has 2 aliphatic rings. The number of nitrogens with zero attached hydrogens (tertiary/aromatic N) is 9. The van der Waals surface area contributed by atoms with Gasteiger partial charge >= 0.3 is 33.4 Å². The van der Waals surface area contributed by atoms with Crippen LogP contribution in [0.1, 0.15) is 37.3 Å². The summed E-state index contributed by atoms with van der Waals surface area (Å²) in [4.78, 5) is 86.8. The van der Waals surface area contributed by atoms with E-state index >= 15 is 0 Å². The van der Waals surface area contributed by atoms with Crippen molar-refractivity contribution in [2.45, 2.75) is 80.1 Å². The minimum absolute atomic E-state index is 0.00151. The summed E-state index contributed by atoms with van der Waals surface area (Å²) in [5, 5.41) is 17.6. The van der Waals surface area contributed by atoms with Gasteiger partial charge in [0.2, 0.25) is 0 Å². The quantitative estimate of drug-likeness (QED) is 0.0139. The molecule has 33 heteroatoms. The molecule has 1 aromatic carbocycles. The molecular formula is C34H45N13O16P2S2. The number of aliphatic hydroxyl groups excluding tert-OH is 1. The molecule has 29 nitrogen and oxygen atoms in total. The summed E-state index contributed by atoms with van der Waals surface area (Å²) in [6.45, 7) is -1.79. The summed E-state index contributed by atoms with van der Waals surface area (Å²) in [5.74, 6) is -1.11. The third-order valence-electron chi connectivity index (χ3n) is 9.95. The van der Waals surface area contributed by atoms with E-state index in [0.717, 1.165) is 10.9 Å². The number of hydrogen-bond acceptors (Lipinski definition) is 23. The maximum atomic E-state index is 13.6. The van der Waals surface area contributed by atoms with Crippen LogP contribution in [0, 0.1) is 0 Å². The number of carbonyl (C=O) groups is 2. The van der Waals surface area contributed by atoms with E-state index in [-0.39, 0.29) is 60.5 Å². The van der Waals surface area contributed by atoms with Gasteiger partial charge in [0.15, 0.2) is 23.8 Å². The molecule has 4 aromatic rings. The van der Waals surface area contributed by atoms with Crippen molar-refractivity contribution in [3.63, 3.8) is 0 Å². The first kappa shape index (κ1) is 51.5. The maximum absolute atomic E-state index is 13.6. The first-order valence-corrected chi connectivity index (χ1v) is 25.3. The highest BCUT2D eigenvalue weighted by atomic mass is 33.1. The number of esters is 1. The number of hydrogen-bond donors (Lipinski definition) is 8. The maximum Gasteiger partial charge on any atom is 0.472 e. The fourth-order valence-electron chi connectivity index (χ4n) is 6.80. The number of nitrogens with one attached hydrogen (secondary N) is 1. The summed E-state index contributed by atoms with van der Waals surface area (Å²) >= 11 is 0. The molecule has 2 aliphatic heterocycles. The van der Waals surface area contributed by atoms with Gasteiger partial charge in [-0.1, -0.05) is 51.0 Å². The molecule has 0 bridgehead atoms. The van der Waals surface area contributed by atoms with Gasteiger partial charge in [-0.2, -0.15) is 4.98 Å². The van der Waals surface area contributed by atoms with Gasteiger partial charge in [0.25, 0.3) is 0 Å². The van der Waals surface area contributed by atoms with Gasteiger partial charge in [0, 0.05) is 35.0 Å². The van der Waals surface area contributed by atoms with Crippen LogP contribution in [0.4, 0.5) is 22.1 Å². The van der Waals surface area contributed by atoms with E-state index in [1.54, 1.807) is 24.3 Å². The zero-order valence-electron chi connectivity index (χ0n) is 34.9. The molecule has 67 heavy (non-hydrogen) atoms. The number of azide groups is 1. The third kappa shape index (κ3) is 13.8. The first-order chi connectivity index (χ1) is 31.9. The number of nitrogens with two attached hydrogens (primary N) is 3. The molecule has 0 radical (unpaired) electrons. The molecular weight excluding hydrogens is 973 g/mol. The monoisotopic (exact) mass is 1020 g/mol. The summed E-state index contributed by atoms with van der Waals surface area (Å²) in [6.07, 6.45) is -5.80. The lowest BCUT2D eigenvalue weighted by Crippen LogP contribution is -2.43. The molecule has 1 amide bonds. The minimum Gasteiger partial charge on any atom is -0.455 e. The highest BCUT2D eigenvalue weighted by molar-refractivity contribution is 8.76. The van der Waals surface area contributed by atoms with E-state index in [0.29, 0.717) is 11.3 Å². The second-order valence-electron chi connectivity index (χ2n) is 14.5. The fraction of sp³-hybridized carbons (Fsp3) is 0.500. The zero-order valence-corrected chi connectivity index (χ0v) is 38.3. The lowest BCUT2D eigenvalue weighted by Gasteiger charge is -2.25. The van der Waals surface area contributed by atoms with Gasteiger partial charge in [-0.25, -0.2) is 33.7 Å². The summed E-state index contributed by atoms with van der Waals surface area (Å²) in [6, 6.07) is 6.57. The topological polar surface area (TPSA) is 431 Å². The van der Waals surface area contributed by atoms with Crippen molar-refractivity contribution in [1.29, 1.82) is 0 Å². The van der Waals surface area contributed by atoms with Crippen molar-refractivity contribution in [2.75, 3.05) is 37.5 Å². The first-order valence-electron chi connectivity index (χ1n) is 19.7. The van der Waals surface area contributed by atoms with Crippen molar-refractivity contribution in [2.24, 2.45) is 10.8 Å². The number of aromatic nitrogens is 6. The van der Waals surface area contributed by atoms with Gasteiger partial charge in [-0.3, -0.25) is 27.5 Å². The second kappa shape index (κ2) is 22.9. The van der Waals surface area contributed by atoms with Gasteiger partial charge in [-0.15, -0.1) is 0 Å². The third-order valence-corrected chi connectivity index (χ3v) is 13.7. The molecule has 5 heterocycles. The fourth-order valence-corrected chi connectivity index (χ4v) is 10.1. The number of alkyl carbamates (subject to hydrolysis) is 1. The van der Waals surface area contributed by atoms with Crippen LogP contribution in [0.15, 0.2) is 59.1 Å². The average Bonchev–Trinajstić information content (AvgIpc) is 3.97. The normalized spacial score (nSPS) is 23.5. The number of benzene rings is 1. The number of phosphoric acid groups is 2. The lowest BCUT2D eigenvalue weighted by atomic mass is 10.1. The summed E-state index contributed by atoms with van der Waals surface area (Å²) in [5.41, 5.74) is 26.8. The van der Waals surface area contributed by atoms with Gasteiger partial charge in [0.1, 0.15) is 61.0 Å². The average molecular weight is 1020 g/mol. The Kier molecular flexibility index (Phi) is 17.6. The molecule has 3 unspecified atom stereocenters. The number of aliphatic hydroxyl groups is 1. The molecule has 0 spiro atoms. The van der Waals surface area contributed by atoms with E-state index in [9.17, 15) is 43.3 Å². The Morgan fingerprint density at radius 2 is 1.84 bits per heavy atom. The Morgan fingerprint density at radius 3 is 2.57 bits per heavy atom. The van der Waals surface area contributed by atoms with Crippen molar-refractivity contribution < 1.29 is 71.0 Å². The number of fused-ring (bicyclic) bond motifs is 1. The molecule has 6 rings (SSSR count). The van der Waals surface area contributed by atoms with Crippen LogP contribution >= 0.6 is 37.2 Å². The predicted molar refractivity (Wildman–Crippen MR) is 235 cm³/mol. The second-order valence-corrected chi connectivity index (χ2v) is 19.9. The van der Waals surface area contributed by atoms with E-state index < -0.39 is 95.6 Å². The summed E-state index contributed by atoms with van der Waals surface area (Å²) in [7, 11) is -7.50. The molecule has 2 fully saturated rings. The van der Waals surface area contributed by atoms with Crippen molar-refractivity contribution >= 4 is 77.8 Å². The summed E-state index contributed by atoms with van der Waals surface area (Å²) < 4.78 is 65.3. The van der Waals surface area contributed by atoms with E-state index in [1.807, 2.05) is 6.26 Å². The van der Waals surface area contributed by atoms with Gasteiger partial charge < -0.3 is 61.3 Å². The number of nitrogen functional groups attached to an aromatic ring is 2. The Balaban J connectivity index is 1.11. The molecule has 3 aromatic heterocycles. The Labute approximate surface area is 386 Å². The Bertz CT molecular complexity index is 2590. The minimum atomic E-state index is -5.22. The van der Waals surface area contributed by atoms with Crippen molar-refractivity contribution in [1.82, 2.24) is 34.4 Å². The molecule has 0 saturated carbocycles. The molecule has 364 valence electrons. The van der Waals surface area contributed by atoms with Crippen LogP contribution < -0.4 is 28.2 Å². The van der Waals surface area contributed by atoms with Crippen molar-refractivity contribution in [3.05, 3.63) is 75.7 Å². The van der Waals surface area contributed by atoms with Gasteiger partial charge in [-0.05, 0) is 36.3 Å². The zero-order chi connectivity index (χ0) is 48.5. The largest absolute Gasteiger partial charge is 0.472 e. The predicted octanol–water partition coefficient (Wildman–Crippen LogP) is 1.67. The number of amides is 1. The SMILES string of the molecule is CSSC(CCC(N)C(=O)O[C@H]1[C@@H](O)[C@H](n2cnc3c(N)ncnc32)O[C@@H]1COP(=O)(O)O[C@H]1C[C@H](n2ccc(N)nc2=O)O[C@@H]1COP(=O)(O)O)CNC(=O)OCc1ccccc1N=[N+]=[N-]. The highest BCUT2D eigenvalue weighted by Gasteiger charge is 2.50. The van der Waals surface area contributed by atoms with Crippen LogP contribution in [0.2, 0.25) is 0 Å². The van der Waals surface area contributed by atoms with E-state index in [1.165, 1.54) is 44.7 Å². The number of imidazole rings is 1. The smallest absolute Gasteiger partial charge is 0.455 e. The Hall–Kier alpha value is -4.94. The van der Waals surface area contributed by atoms with Gasteiger partial charge in [0.05, 0.1) is 19.5 Å². The van der Waals surface area contributed by atoms with E-state index in [2.05, 4.69) is 39.8 Å². The van der Waals surface area contributed by atoms with Crippen LogP contribution in [0.25, 0.3) is 21.6 Å². The lowest BCUT2D eigenvalue weighted by molar-refractivity contribution is -0.158. The molecule has 0 aliphatic carbocycles. The Morgan fingerprint density at radius 1 is 1.07 bits per heavy atom. The highest BCUT2D eigenvalue weighted by Crippen LogP contribution is 2.50. The molecule has 2 saturated heterocycles. The van der Waals surface area contributed by atoms with Crippen LogP contribution in [0.5, 0.6) is 0 Å². The number of carbonyl (C=O) groups excluding carboxylic acids is 2. The number of phosphoric ester groups is 2. The van der Waals surface area contributed by atoms with Crippen LogP contribution in [0.3, 0.4) is 0 Å². The van der Waals surface area contributed by atoms with E-state index in [4.69, 9.17) is 50.7 Å². The number of anilines is 2. The molecule has 11 N–H and O–H groups in total. The molecule has 10 atom stereocenters. The number of ether oxygens (including phenoxy) is 4. The number of rotatable bonds is 22. The van der Waals surface area contributed by atoms with Crippen LogP contribution in [-0.4, -0.2) is 129 Å².